The highest BCUT2D eigenvalue weighted by molar-refractivity contribution is 5.50. The lowest BCUT2D eigenvalue weighted by Gasteiger charge is -2.09. The Morgan fingerprint density at radius 3 is 2.76 bits per heavy atom. The van der Waals surface area contributed by atoms with E-state index >= 15 is 0 Å². The minimum absolute atomic E-state index is 0.0371. The standard InChI is InChI=1S/C10H14F3N3O/c1-7-4-9(16-5-8(7)14)15-2-3-17-6-10(11,12)13/h4-5H,2-3,6,14H2,1H3,(H,15,16). The van der Waals surface area contributed by atoms with Crippen LogP contribution in [-0.4, -0.2) is 30.9 Å². The van der Waals surface area contributed by atoms with Crippen LogP contribution >= 0.6 is 0 Å². The van der Waals surface area contributed by atoms with Gasteiger partial charge >= 0.3 is 6.18 Å². The highest BCUT2D eigenvalue weighted by Gasteiger charge is 2.27. The number of nitrogens with two attached hydrogens (primary N) is 1. The minimum Gasteiger partial charge on any atom is -0.397 e. The van der Waals surface area contributed by atoms with E-state index in [1.54, 1.807) is 6.07 Å². The molecule has 0 saturated heterocycles. The van der Waals surface area contributed by atoms with Crippen molar-refractivity contribution >= 4 is 11.5 Å². The summed E-state index contributed by atoms with van der Waals surface area (Å²) in [6.07, 6.45) is -2.79. The number of nitrogens with one attached hydrogen (secondary N) is 1. The van der Waals surface area contributed by atoms with Gasteiger partial charge in [0.05, 0.1) is 18.5 Å². The number of alkyl halides is 3. The van der Waals surface area contributed by atoms with Gasteiger partial charge < -0.3 is 15.8 Å². The lowest BCUT2D eigenvalue weighted by molar-refractivity contribution is -0.172. The second-order valence-corrected chi connectivity index (χ2v) is 3.52. The number of aryl methyl sites for hydroxylation is 1. The third kappa shape index (κ3) is 5.39. The van der Waals surface area contributed by atoms with Crippen LogP contribution in [0.3, 0.4) is 0 Å². The minimum atomic E-state index is -4.28. The van der Waals surface area contributed by atoms with Crippen molar-refractivity contribution in [1.29, 1.82) is 0 Å². The van der Waals surface area contributed by atoms with E-state index in [0.717, 1.165) is 5.56 Å². The van der Waals surface area contributed by atoms with Crippen LogP contribution in [0.4, 0.5) is 24.7 Å². The van der Waals surface area contributed by atoms with Crippen molar-refractivity contribution in [2.75, 3.05) is 30.8 Å². The Balaban J connectivity index is 2.25. The van der Waals surface area contributed by atoms with Crippen LogP contribution in [0, 0.1) is 6.92 Å². The zero-order chi connectivity index (χ0) is 12.9. The van der Waals surface area contributed by atoms with E-state index in [2.05, 4.69) is 15.0 Å². The van der Waals surface area contributed by atoms with E-state index in [-0.39, 0.29) is 13.2 Å². The normalized spacial score (nSPS) is 11.5. The molecule has 0 aliphatic heterocycles. The van der Waals surface area contributed by atoms with Gasteiger partial charge in [0.2, 0.25) is 0 Å². The number of hydrogen-bond donors (Lipinski definition) is 2. The molecule has 1 heterocycles. The molecule has 0 aliphatic carbocycles. The van der Waals surface area contributed by atoms with E-state index in [1.165, 1.54) is 6.20 Å². The van der Waals surface area contributed by atoms with Gasteiger partial charge in [-0.3, -0.25) is 0 Å². The maximum Gasteiger partial charge on any atom is 0.411 e. The van der Waals surface area contributed by atoms with Crippen molar-refractivity contribution in [3.05, 3.63) is 17.8 Å². The first-order valence-electron chi connectivity index (χ1n) is 4.99. The summed E-state index contributed by atoms with van der Waals surface area (Å²) in [7, 11) is 0. The van der Waals surface area contributed by atoms with Crippen LogP contribution in [0.2, 0.25) is 0 Å². The predicted molar refractivity (Wildman–Crippen MR) is 58.8 cm³/mol. The van der Waals surface area contributed by atoms with Crippen molar-refractivity contribution in [2.24, 2.45) is 0 Å². The summed E-state index contributed by atoms with van der Waals surface area (Å²) in [5, 5.41) is 2.84. The number of aromatic nitrogens is 1. The topological polar surface area (TPSA) is 60.2 Å². The summed E-state index contributed by atoms with van der Waals surface area (Å²) in [5.41, 5.74) is 7.01. The summed E-state index contributed by atoms with van der Waals surface area (Å²) >= 11 is 0. The second kappa shape index (κ2) is 5.72. The van der Waals surface area contributed by atoms with Crippen molar-refractivity contribution in [1.82, 2.24) is 4.98 Å². The zero-order valence-electron chi connectivity index (χ0n) is 9.34. The Morgan fingerprint density at radius 1 is 1.47 bits per heavy atom. The van der Waals surface area contributed by atoms with Crippen LogP contribution in [0.5, 0.6) is 0 Å². The molecule has 96 valence electrons. The molecular formula is C10H14F3N3O. The predicted octanol–water partition coefficient (Wildman–Crippen LogP) is 1.96. The number of pyridine rings is 1. The van der Waals surface area contributed by atoms with Crippen LogP contribution in [0.15, 0.2) is 12.3 Å². The Labute approximate surface area is 97.0 Å². The van der Waals surface area contributed by atoms with Gasteiger partial charge in [-0.25, -0.2) is 4.98 Å². The third-order valence-corrected chi connectivity index (χ3v) is 1.97. The number of rotatable bonds is 5. The van der Waals surface area contributed by atoms with Crippen molar-refractivity contribution in [3.63, 3.8) is 0 Å². The largest absolute Gasteiger partial charge is 0.411 e. The SMILES string of the molecule is Cc1cc(NCCOCC(F)(F)F)ncc1N. The highest BCUT2D eigenvalue weighted by atomic mass is 19.4. The maximum atomic E-state index is 11.7. The molecule has 17 heavy (non-hydrogen) atoms. The number of nitrogens with zero attached hydrogens (tertiary/aromatic N) is 1. The van der Waals surface area contributed by atoms with Crippen LogP contribution < -0.4 is 11.1 Å². The molecule has 1 rings (SSSR count). The van der Waals surface area contributed by atoms with Gasteiger partial charge in [-0.1, -0.05) is 0 Å². The Morgan fingerprint density at radius 2 is 2.18 bits per heavy atom. The molecule has 0 aromatic carbocycles. The van der Waals surface area contributed by atoms with Crippen LogP contribution in [-0.2, 0) is 4.74 Å². The zero-order valence-corrected chi connectivity index (χ0v) is 9.34. The molecule has 0 unspecified atom stereocenters. The average Bonchev–Trinajstić information content (AvgIpc) is 2.21. The molecule has 0 spiro atoms. The van der Waals surface area contributed by atoms with Crippen LogP contribution in [0.25, 0.3) is 0 Å². The van der Waals surface area contributed by atoms with Gasteiger partial charge in [0.15, 0.2) is 0 Å². The first-order chi connectivity index (χ1) is 7.88. The molecular weight excluding hydrogens is 235 g/mol. The van der Waals surface area contributed by atoms with Gasteiger partial charge in [0.25, 0.3) is 0 Å². The number of nitrogen functional groups attached to an aromatic ring is 1. The molecule has 0 atom stereocenters. The van der Waals surface area contributed by atoms with Gasteiger partial charge in [-0.05, 0) is 18.6 Å². The first kappa shape index (κ1) is 13.6. The van der Waals surface area contributed by atoms with Crippen molar-refractivity contribution in [3.8, 4) is 0 Å². The third-order valence-electron chi connectivity index (χ3n) is 1.97. The highest BCUT2D eigenvalue weighted by Crippen LogP contribution is 2.14. The van der Waals surface area contributed by atoms with Gasteiger partial charge in [-0.15, -0.1) is 0 Å². The van der Waals surface area contributed by atoms with E-state index in [9.17, 15) is 13.2 Å². The fraction of sp³-hybridized carbons (Fsp3) is 0.500. The second-order valence-electron chi connectivity index (χ2n) is 3.52. The fourth-order valence-electron chi connectivity index (χ4n) is 1.10. The molecule has 0 fully saturated rings. The average molecular weight is 249 g/mol. The monoisotopic (exact) mass is 249 g/mol. The molecule has 0 bridgehead atoms. The summed E-state index contributed by atoms with van der Waals surface area (Å²) < 4.78 is 39.6. The Hall–Kier alpha value is -1.50. The summed E-state index contributed by atoms with van der Waals surface area (Å²) in [6.45, 7) is 0.808. The molecule has 4 nitrogen and oxygen atoms in total. The van der Waals surface area contributed by atoms with Crippen molar-refractivity contribution in [2.45, 2.75) is 13.1 Å². The van der Waals surface area contributed by atoms with E-state index < -0.39 is 12.8 Å². The first-order valence-corrected chi connectivity index (χ1v) is 4.99. The van der Waals surface area contributed by atoms with Crippen molar-refractivity contribution < 1.29 is 17.9 Å². The molecule has 0 aliphatic rings. The fourth-order valence-corrected chi connectivity index (χ4v) is 1.10. The summed E-state index contributed by atoms with van der Waals surface area (Å²) in [4.78, 5) is 3.97. The summed E-state index contributed by atoms with van der Waals surface area (Å²) in [6, 6.07) is 1.72. The van der Waals surface area contributed by atoms with Gasteiger partial charge in [-0.2, -0.15) is 13.2 Å². The molecule has 0 saturated carbocycles. The maximum absolute atomic E-state index is 11.7. The van der Waals surface area contributed by atoms with Gasteiger partial charge in [0.1, 0.15) is 12.4 Å². The van der Waals surface area contributed by atoms with E-state index in [1.807, 2.05) is 6.92 Å². The lowest BCUT2D eigenvalue weighted by atomic mass is 10.2. The number of anilines is 2. The smallest absolute Gasteiger partial charge is 0.397 e. The molecule has 3 N–H and O–H groups in total. The molecule has 1 aromatic heterocycles. The quantitative estimate of drug-likeness (QED) is 0.783. The van der Waals surface area contributed by atoms with Gasteiger partial charge in [0, 0.05) is 6.54 Å². The number of hydrogen-bond acceptors (Lipinski definition) is 4. The number of halogens is 3. The lowest BCUT2D eigenvalue weighted by Crippen LogP contribution is -2.20. The Bertz CT molecular complexity index is 368. The Kier molecular flexibility index (Phi) is 4.56. The van der Waals surface area contributed by atoms with E-state index in [0.29, 0.717) is 11.5 Å². The molecule has 1 aromatic rings. The van der Waals surface area contributed by atoms with Crippen LogP contribution in [0.1, 0.15) is 5.56 Å². The molecule has 7 heteroatoms. The molecule has 0 radical (unpaired) electrons. The van der Waals surface area contributed by atoms with E-state index in [4.69, 9.17) is 5.73 Å². The molecule has 0 amide bonds. The number of ether oxygens (including phenoxy) is 1. The summed E-state index contributed by atoms with van der Waals surface area (Å²) in [5.74, 6) is 0.562.